The molecule has 7 nitrogen and oxygen atoms in total. The van der Waals surface area contributed by atoms with E-state index in [1.54, 1.807) is 30.6 Å². The van der Waals surface area contributed by atoms with E-state index in [9.17, 15) is 23.1 Å². The van der Waals surface area contributed by atoms with Crippen LogP contribution in [0.4, 0.5) is 18.9 Å². The minimum Gasteiger partial charge on any atom is -0.478 e. The number of aromatic amines is 1. The second kappa shape index (κ2) is 11.8. The molecular weight excluding hydrogens is 545 g/mol. The van der Waals surface area contributed by atoms with Crippen molar-refractivity contribution in [1.29, 1.82) is 0 Å². The van der Waals surface area contributed by atoms with Crippen molar-refractivity contribution in [3.63, 3.8) is 0 Å². The third-order valence-electron chi connectivity index (χ3n) is 8.38. The summed E-state index contributed by atoms with van der Waals surface area (Å²) in [5.74, 6) is -0.375. The van der Waals surface area contributed by atoms with Gasteiger partial charge in [-0.2, -0.15) is 13.2 Å². The Labute approximate surface area is 243 Å². The summed E-state index contributed by atoms with van der Waals surface area (Å²) in [4.78, 5) is 23.8. The molecule has 2 N–H and O–H groups in total. The van der Waals surface area contributed by atoms with Gasteiger partial charge in [0, 0.05) is 61.6 Å². The predicted molar refractivity (Wildman–Crippen MR) is 157 cm³/mol. The van der Waals surface area contributed by atoms with Crippen molar-refractivity contribution in [2.75, 3.05) is 37.6 Å². The molecule has 224 valence electrons. The van der Waals surface area contributed by atoms with Crippen LogP contribution in [0.2, 0.25) is 0 Å². The summed E-state index contributed by atoms with van der Waals surface area (Å²) < 4.78 is 45.2. The monoisotopic (exact) mass is 582 g/mol. The zero-order valence-electron chi connectivity index (χ0n) is 24.1. The number of nitrogens with one attached hydrogen (secondary N) is 1. The molecule has 0 saturated carbocycles. The van der Waals surface area contributed by atoms with Crippen LogP contribution in [0.3, 0.4) is 0 Å². The summed E-state index contributed by atoms with van der Waals surface area (Å²) in [6.07, 6.45) is 2.09. The van der Waals surface area contributed by atoms with Crippen LogP contribution in [-0.4, -0.2) is 64.8 Å². The Morgan fingerprint density at radius 3 is 2.62 bits per heavy atom. The number of anilines is 1. The van der Waals surface area contributed by atoms with E-state index in [0.717, 1.165) is 74.3 Å². The van der Waals surface area contributed by atoms with E-state index in [4.69, 9.17) is 4.74 Å². The zero-order chi connectivity index (χ0) is 30.1. The van der Waals surface area contributed by atoms with Gasteiger partial charge in [0.2, 0.25) is 0 Å². The number of carboxylic acids is 1. The lowest BCUT2D eigenvalue weighted by Gasteiger charge is -2.39. The highest BCUT2D eigenvalue weighted by atomic mass is 19.4. The van der Waals surface area contributed by atoms with Crippen LogP contribution in [0.5, 0.6) is 11.5 Å². The molecular formula is C32H37F3N4O3. The smallest absolute Gasteiger partial charge is 0.412 e. The minimum atomic E-state index is -4.35. The molecule has 2 aromatic heterocycles. The first kappa shape index (κ1) is 29.7. The van der Waals surface area contributed by atoms with Crippen LogP contribution in [0.25, 0.3) is 11.0 Å². The van der Waals surface area contributed by atoms with Crippen LogP contribution in [0, 0.1) is 5.41 Å². The van der Waals surface area contributed by atoms with Crippen molar-refractivity contribution in [2.24, 2.45) is 5.41 Å². The first-order valence-electron chi connectivity index (χ1n) is 14.3. The first-order valence-corrected chi connectivity index (χ1v) is 14.3. The van der Waals surface area contributed by atoms with Gasteiger partial charge in [0.15, 0.2) is 0 Å². The molecule has 0 radical (unpaired) electrons. The molecule has 0 bridgehead atoms. The number of hydrogen-bond acceptors (Lipinski definition) is 5. The van der Waals surface area contributed by atoms with Gasteiger partial charge >= 0.3 is 12.1 Å². The topological polar surface area (TPSA) is 81.7 Å². The summed E-state index contributed by atoms with van der Waals surface area (Å²) in [5.41, 5.74) is 3.51. The van der Waals surface area contributed by atoms with Crippen LogP contribution in [-0.2, 0) is 0 Å². The molecule has 0 atom stereocenters. The molecule has 2 aliphatic rings. The number of piperazine rings is 1. The number of rotatable bonds is 9. The molecule has 3 aromatic rings. The second-order valence-corrected chi connectivity index (χ2v) is 12.1. The number of carbonyl (C=O) groups is 1. The largest absolute Gasteiger partial charge is 0.478 e. The molecule has 10 heteroatoms. The van der Waals surface area contributed by atoms with E-state index < -0.39 is 17.7 Å². The van der Waals surface area contributed by atoms with Gasteiger partial charge in [-0.05, 0) is 61.8 Å². The van der Waals surface area contributed by atoms with Crippen molar-refractivity contribution in [3.8, 4) is 11.5 Å². The van der Waals surface area contributed by atoms with Gasteiger partial charge in [0.1, 0.15) is 22.7 Å². The third kappa shape index (κ3) is 6.98. The fraction of sp³-hybridized carbons (Fsp3) is 0.438. The Balaban J connectivity index is 1.26. The molecule has 1 saturated heterocycles. The summed E-state index contributed by atoms with van der Waals surface area (Å²) in [7, 11) is 0. The van der Waals surface area contributed by atoms with E-state index in [1.165, 1.54) is 5.57 Å². The summed E-state index contributed by atoms with van der Waals surface area (Å²) in [5, 5.41) is 10.6. The van der Waals surface area contributed by atoms with E-state index in [2.05, 4.69) is 40.2 Å². The SMILES string of the molecule is C=C(CCC1=C(CN2CCN(c3ccc(C(=O)O)c(Oc4cnc5[nH]ccc5c4)c3)CC2)CCC(C)(C)C1)C(F)(F)F. The van der Waals surface area contributed by atoms with E-state index in [-0.39, 0.29) is 23.1 Å². The van der Waals surface area contributed by atoms with Gasteiger partial charge in [0.25, 0.3) is 0 Å². The summed E-state index contributed by atoms with van der Waals surface area (Å²) >= 11 is 0. The fourth-order valence-corrected chi connectivity index (χ4v) is 5.86. The standard InChI is InChI=1S/C32H37F3N4O3/c1-21(32(33,34)35)4-5-23-18-31(2,3)10-8-24(23)20-38-12-14-39(15-13-38)25-6-7-27(30(40)41)28(17-25)42-26-16-22-9-11-36-29(22)37-19-26/h6-7,9,11,16-17,19H,1,4-5,8,10,12-15,18,20H2,2-3H3,(H,36,37)(H,40,41). The number of pyridine rings is 1. The van der Waals surface area contributed by atoms with Gasteiger partial charge in [-0.3, -0.25) is 4.90 Å². The lowest BCUT2D eigenvalue weighted by molar-refractivity contribution is -0.0935. The Morgan fingerprint density at radius 1 is 1.14 bits per heavy atom. The Morgan fingerprint density at radius 2 is 1.90 bits per heavy atom. The number of fused-ring (bicyclic) bond motifs is 1. The average molecular weight is 583 g/mol. The van der Waals surface area contributed by atoms with Crippen LogP contribution in [0.1, 0.15) is 56.3 Å². The van der Waals surface area contributed by atoms with Crippen LogP contribution in [0.15, 0.2) is 66.0 Å². The number of aromatic carboxylic acids is 1. The Kier molecular flexibility index (Phi) is 8.37. The quantitative estimate of drug-likeness (QED) is 0.253. The normalized spacial score (nSPS) is 18.0. The Hall–Kier alpha value is -3.79. The molecule has 0 unspecified atom stereocenters. The molecule has 0 spiro atoms. The van der Waals surface area contributed by atoms with Crippen molar-refractivity contribution < 1.29 is 27.8 Å². The molecule has 0 amide bonds. The lowest BCUT2D eigenvalue weighted by atomic mass is 9.73. The maximum Gasteiger partial charge on any atom is 0.412 e. The fourth-order valence-electron chi connectivity index (χ4n) is 5.86. The van der Waals surface area contributed by atoms with Gasteiger partial charge in [0.05, 0.1) is 6.20 Å². The average Bonchev–Trinajstić information content (AvgIpc) is 3.40. The highest BCUT2D eigenvalue weighted by Crippen LogP contribution is 2.42. The number of benzene rings is 1. The van der Waals surface area contributed by atoms with Gasteiger partial charge in [-0.1, -0.05) is 31.6 Å². The number of aromatic nitrogens is 2. The number of allylic oxidation sites excluding steroid dienone is 2. The molecule has 1 fully saturated rings. The number of nitrogens with zero attached hydrogens (tertiary/aromatic N) is 3. The van der Waals surface area contributed by atoms with E-state index in [1.807, 2.05) is 12.1 Å². The number of carboxylic acid groups (broad SMARTS) is 1. The van der Waals surface area contributed by atoms with E-state index in [0.29, 0.717) is 12.2 Å². The van der Waals surface area contributed by atoms with Crippen molar-refractivity contribution in [3.05, 3.63) is 71.6 Å². The van der Waals surface area contributed by atoms with Crippen LogP contribution >= 0.6 is 0 Å². The highest BCUT2D eigenvalue weighted by molar-refractivity contribution is 5.92. The molecule has 42 heavy (non-hydrogen) atoms. The molecule has 1 aromatic carbocycles. The number of alkyl halides is 3. The number of ether oxygens (including phenoxy) is 1. The Bertz CT molecular complexity index is 1500. The second-order valence-electron chi connectivity index (χ2n) is 12.1. The lowest BCUT2D eigenvalue weighted by Crippen LogP contribution is -2.47. The van der Waals surface area contributed by atoms with Gasteiger partial charge < -0.3 is 19.7 Å². The summed E-state index contributed by atoms with van der Waals surface area (Å²) in [6.45, 7) is 11.5. The van der Waals surface area contributed by atoms with Crippen LogP contribution < -0.4 is 9.64 Å². The number of hydrogen-bond donors (Lipinski definition) is 2. The van der Waals surface area contributed by atoms with Gasteiger partial charge in [-0.15, -0.1) is 0 Å². The zero-order valence-corrected chi connectivity index (χ0v) is 24.1. The van der Waals surface area contributed by atoms with Gasteiger partial charge in [-0.25, -0.2) is 9.78 Å². The maximum absolute atomic E-state index is 13.1. The molecule has 1 aliphatic carbocycles. The number of H-pyrrole nitrogens is 1. The van der Waals surface area contributed by atoms with Crippen molar-refractivity contribution in [1.82, 2.24) is 14.9 Å². The minimum absolute atomic E-state index is 0.0575. The summed E-state index contributed by atoms with van der Waals surface area (Å²) in [6, 6.07) is 8.81. The van der Waals surface area contributed by atoms with Crippen molar-refractivity contribution >= 4 is 22.7 Å². The molecule has 5 rings (SSSR count). The molecule has 3 heterocycles. The molecule has 1 aliphatic heterocycles. The predicted octanol–water partition coefficient (Wildman–Crippen LogP) is 7.58. The highest BCUT2D eigenvalue weighted by Gasteiger charge is 2.33. The first-order chi connectivity index (χ1) is 19.9. The number of halogens is 3. The third-order valence-corrected chi connectivity index (χ3v) is 8.38. The van der Waals surface area contributed by atoms with E-state index >= 15 is 0 Å². The maximum atomic E-state index is 13.1. The van der Waals surface area contributed by atoms with Crippen molar-refractivity contribution in [2.45, 2.75) is 52.1 Å².